The number of carbonyl (C=O) groups is 3. The Morgan fingerprint density at radius 3 is 2.82 bits per heavy atom. The first-order valence-electron chi connectivity index (χ1n) is 12.8. The average molecular weight is 533 g/mol. The molecule has 3 aliphatic rings. The molecule has 38 heavy (non-hydrogen) atoms. The standard InChI is InChI=1S/C27H28N6O4S/c1-3-21(34)32-11-5-6-16(14-32)30-25(35)24-23-22-18(9-10-28-26(22)38-24)33(27(36)31-23)19-13-29-20(12-15(19)2)37-17-7-4-8-17/h3,9-10,12-13,16-17H,1,4-8,11,14H2,2H3,(H,30,35)(H,31,36). The minimum Gasteiger partial charge on any atom is -0.474 e. The second-order valence-corrected chi connectivity index (χ2v) is 10.9. The second-order valence-electron chi connectivity index (χ2n) is 9.86. The van der Waals surface area contributed by atoms with Gasteiger partial charge in [-0.1, -0.05) is 6.58 Å². The van der Waals surface area contributed by atoms with Crippen molar-refractivity contribution in [2.24, 2.45) is 0 Å². The summed E-state index contributed by atoms with van der Waals surface area (Å²) in [4.78, 5) is 52.1. The fraction of sp³-hybridized carbons (Fsp3) is 0.370. The van der Waals surface area contributed by atoms with Crippen molar-refractivity contribution in [2.45, 2.75) is 51.2 Å². The molecular weight excluding hydrogens is 504 g/mol. The van der Waals surface area contributed by atoms with Gasteiger partial charge in [0.25, 0.3) is 5.91 Å². The van der Waals surface area contributed by atoms with Crippen LogP contribution in [-0.2, 0) is 4.79 Å². The number of aromatic nitrogens is 2. The van der Waals surface area contributed by atoms with Gasteiger partial charge in [-0.3, -0.25) is 14.5 Å². The number of anilines is 3. The molecule has 0 radical (unpaired) electrons. The molecule has 196 valence electrons. The summed E-state index contributed by atoms with van der Waals surface area (Å²) in [5.41, 5.74) is 2.58. The number of nitrogens with one attached hydrogen (secondary N) is 2. The Bertz CT molecular complexity index is 1470. The molecule has 2 aliphatic heterocycles. The Morgan fingerprint density at radius 1 is 1.24 bits per heavy atom. The van der Waals surface area contributed by atoms with Crippen molar-refractivity contribution in [3.63, 3.8) is 0 Å². The van der Waals surface area contributed by atoms with Gasteiger partial charge in [0.15, 0.2) is 0 Å². The van der Waals surface area contributed by atoms with Crippen LogP contribution in [0.15, 0.2) is 37.2 Å². The number of thiophene rings is 1. The SMILES string of the molecule is C=CC(=O)N1CCCC(NC(=O)c2sc3nccc4c3c2NC(=O)N4c2cnc(OC3CCC3)cc2C)C1. The van der Waals surface area contributed by atoms with Gasteiger partial charge in [-0.25, -0.2) is 14.8 Å². The van der Waals surface area contributed by atoms with Gasteiger partial charge in [0, 0.05) is 31.4 Å². The van der Waals surface area contributed by atoms with Gasteiger partial charge in [0.1, 0.15) is 15.8 Å². The summed E-state index contributed by atoms with van der Waals surface area (Å²) in [5.74, 6) is 0.116. The Labute approximate surface area is 223 Å². The van der Waals surface area contributed by atoms with Crippen LogP contribution in [0, 0.1) is 6.92 Å². The number of ether oxygens (including phenoxy) is 1. The van der Waals surface area contributed by atoms with Crippen LogP contribution < -0.4 is 20.3 Å². The van der Waals surface area contributed by atoms with Crippen molar-refractivity contribution < 1.29 is 19.1 Å². The van der Waals surface area contributed by atoms with Gasteiger partial charge in [-0.05, 0) is 56.7 Å². The third kappa shape index (κ3) is 4.26. The zero-order chi connectivity index (χ0) is 26.4. The van der Waals surface area contributed by atoms with E-state index in [0.717, 1.165) is 31.2 Å². The van der Waals surface area contributed by atoms with E-state index in [1.165, 1.54) is 23.8 Å². The van der Waals surface area contributed by atoms with Crippen LogP contribution in [0.4, 0.5) is 21.9 Å². The number of aryl methyl sites for hydroxylation is 1. The van der Waals surface area contributed by atoms with E-state index < -0.39 is 0 Å². The molecule has 1 unspecified atom stereocenters. The number of nitrogens with zero attached hydrogens (tertiary/aromatic N) is 4. The van der Waals surface area contributed by atoms with E-state index in [2.05, 4.69) is 27.2 Å². The summed E-state index contributed by atoms with van der Waals surface area (Å²) in [6.07, 6.45) is 9.60. The van der Waals surface area contributed by atoms with Crippen molar-refractivity contribution in [3.8, 4) is 5.88 Å². The lowest BCUT2D eigenvalue weighted by molar-refractivity contribution is -0.127. The average Bonchev–Trinajstić information content (AvgIpc) is 3.26. The van der Waals surface area contributed by atoms with Crippen molar-refractivity contribution in [1.82, 2.24) is 20.2 Å². The molecule has 2 N–H and O–H groups in total. The fourth-order valence-corrected chi connectivity index (χ4v) is 6.16. The van der Waals surface area contributed by atoms with Gasteiger partial charge < -0.3 is 20.3 Å². The third-order valence-electron chi connectivity index (χ3n) is 7.33. The maximum absolute atomic E-state index is 13.4. The Morgan fingerprint density at radius 2 is 2.08 bits per heavy atom. The molecule has 4 amide bonds. The predicted octanol–water partition coefficient (Wildman–Crippen LogP) is 4.52. The molecule has 1 saturated heterocycles. The normalized spacial score (nSPS) is 19.1. The van der Waals surface area contributed by atoms with Crippen molar-refractivity contribution >= 4 is 56.5 Å². The molecule has 10 nitrogen and oxygen atoms in total. The van der Waals surface area contributed by atoms with E-state index in [4.69, 9.17) is 4.74 Å². The molecule has 3 aromatic rings. The molecule has 0 spiro atoms. The quantitative estimate of drug-likeness (QED) is 0.451. The molecule has 1 atom stereocenters. The van der Waals surface area contributed by atoms with Gasteiger partial charge in [-0.2, -0.15) is 0 Å². The minimum atomic E-state index is -0.379. The number of rotatable bonds is 6. The third-order valence-corrected chi connectivity index (χ3v) is 8.43. The summed E-state index contributed by atoms with van der Waals surface area (Å²) in [6, 6.07) is 3.06. The first-order chi connectivity index (χ1) is 18.4. The van der Waals surface area contributed by atoms with E-state index in [0.29, 0.717) is 51.1 Å². The van der Waals surface area contributed by atoms with E-state index in [1.54, 1.807) is 28.3 Å². The highest BCUT2D eigenvalue weighted by molar-refractivity contribution is 7.21. The minimum absolute atomic E-state index is 0.144. The van der Waals surface area contributed by atoms with Crippen LogP contribution in [0.1, 0.15) is 47.3 Å². The highest BCUT2D eigenvalue weighted by Gasteiger charge is 2.34. The summed E-state index contributed by atoms with van der Waals surface area (Å²) in [7, 11) is 0. The van der Waals surface area contributed by atoms with Gasteiger partial charge >= 0.3 is 6.03 Å². The lowest BCUT2D eigenvalue weighted by Crippen LogP contribution is -2.49. The number of hydrogen-bond acceptors (Lipinski definition) is 7. The maximum atomic E-state index is 13.4. The monoisotopic (exact) mass is 532 g/mol. The van der Waals surface area contributed by atoms with Crippen molar-refractivity contribution in [2.75, 3.05) is 23.3 Å². The topological polar surface area (TPSA) is 117 Å². The fourth-order valence-electron chi connectivity index (χ4n) is 5.14. The second kappa shape index (κ2) is 9.71. The van der Waals surface area contributed by atoms with Crippen molar-refractivity contribution in [1.29, 1.82) is 0 Å². The maximum Gasteiger partial charge on any atom is 0.331 e. The zero-order valence-corrected chi connectivity index (χ0v) is 21.8. The van der Waals surface area contributed by atoms with Crippen molar-refractivity contribution in [3.05, 3.63) is 47.6 Å². The number of hydrogen-bond donors (Lipinski definition) is 2. The van der Waals surface area contributed by atoms with Crippen LogP contribution >= 0.6 is 11.3 Å². The molecule has 11 heteroatoms. The Kier molecular flexibility index (Phi) is 6.22. The van der Waals surface area contributed by atoms with Gasteiger partial charge in [-0.15, -0.1) is 11.3 Å². The van der Waals surface area contributed by atoms with Crippen LogP contribution in [0.25, 0.3) is 10.2 Å². The number of pyridine rings is 2. The van der Waals surface area contributed by atoms with E-state index in [9.17, 15) is 14.4 Å². The summed E-state index contributed by atoms with van der Waals surface area (Å²) >= 11 is 1.24. The highest BCUT2D eigenvalue weighted by atomic mass is 32.1. The molecule has 0 bridgehead atoms. The molecule has 6 rings (SSSR count). The highest BCUT2D eigenvalue weighted by Crippen LogP contribution is 2.46. The number of piperidine rings is 1. The first-order valence-corrected chi connectivity index (χ1v) is 13.6. The Balaban J connectivity index is 1.29. The molecule has 5 heterocycles. The largest absolute Gasteiger partial charge is 0.474 e. The number of carbonyl (C=O) groups excluding carboxylic acids is 3. The zero-order valence-electron chi connectivity index (χ0n) is 21.0. The van der Waals surface area contributed by atoms with Crippen LogP contribution in [-0.4, -0.2) is 57.9 Å². The molecule has 1 aliphatic carbocycles. The molecular formula is C27H28N6O4S. The molecule has 3 aromatic heterocycles. The van der Waals surface area contributed by atoms with Crippen LogP contribution in [0.3, 0.4) is 0 Å². The smallest absolute Gasteiger partial charge is 0.331 e. The van der Waals surface area contributed by atoms with E-state index in [-0.39, 0.29) is 30.0 Å². The van der Waals surface area contributed by atoms with Crippen LogP contribution in [0.2, 0.25) is 0 Å². The molecule has 2 fully saturated rings. The number of likely N-dealkylation sites (tertiary alicyclic amines) is 1. The summed E-state index contributed by atoms with van der Waals surface area (Å²) in [5, 5.41) is 6.69. The lowest BCUT2D eigenvalue weighted by Gasteiger charge is -2.32. The predicted molar refractivity (Wildman–Crippen MR) is 145 cm³/mol. The van der Waals surface area contributed by atoms with E-state index in [1.807, 2.05) is 13.0 Å². The van der Waals surface area contributed by atoms with E-state index >= 15 is 0 Å². The number of amides is 4. The first kappa shape index (κ1) is 24.4. The Hall–Kier alpha value is -3.99. The lowest BCUT2D eigenvalue weighted by atomic mass is 9.96. The number of urea groups is 1. The molecule has 0 aromatic carbocycles. The van der Waals surface area contributed by atoms with Crippen LogP contribution in [0.5, 0.6) is 5.88 Å². The molecule has 1 saturated carbocycles. The summed E-state index contributed by atoms with van der Waals surface area (Å²) < 4.78 is 5.92. The summed E-state index contributed by atoms with van der Waals surface area (Å²) in [6.45, 7) is 6.54. The van der Waals surface area contributed by atoms with Gasteiger partial charge in [0.2, 0.25) is 11.8 Å². The van der Waals surface area contributed by atoms with Gasteiger partial charge in [0.05, 0.1) is 28.6 Å².